The van der Waals surface area contributed by atoms with E-state index in [9.17, 15) is 23.3 Å². The Hall–Kier alpha value is -3.98. The first-order chi connectivity index (χ1) is 31.6. The van der Waals surface area contributed by atoms with Gasteiger partial charge in [-0.05, 0) is 36.5 Å². The summed E-state index contributed by atoms with van der Waals surface area (Å²) in [5.41, 5.74) is 2.84. The number of hydrogen-bond acceptors (Lipinski definition) is 9. The lowest BCUT2D eigenvalue weighted by Gasteiger charge is -2.44. The molecule has 7 atom stereocenters. The average Bonchev–Trinajstić information content (AvgIpc) is 3.50. The zero-order valence-corrected chi connectivity index (χ0v) is 38.8. The summed E-state index contributed by atoms with van der Waals surface area (Å²) in [6, 6.07) is 29.2. The fourth-order valence-corrected chi connectivity index (χ4v) is 8.55. The molecular weight excluding hydrogens is 831 g/mol. The van der Waals surface area contributed by atoms with Crippen LogP contribution in [0.4, 0.5) is 8.63 Å². The Morgan fingerprint density at radius 3 is 1.62 bits per heavy atom. The van der Waals surface area contributed by atoms with Gasteiger partial charge in [-0.3, -0.25) is 9.59 Å². The lowest BCUT2D eigenvalue weighted by Crippen LogP contribution is -2.61. The van der Waals surface area contributed by atoms with Crippen molar-refractivity contribution < 1.29 is 51.7 Å². The van der Waals surface area contributed by atoms with E-state index in [-0.39, 0.29) is 17.9 Å². The van der Waals surface area contributed by atoms with Gasteiger partial charge < -0.3 is 38.3 Å². The molecule has 1 N–H and O–H groups in total. The SMILES string of the molecule is C[C@@H](CCCCCCCCCCCCCCCCO[C@@H]1O[C@H](COCc2ccccc2)[C@@H](OCc2ccccc2)[C@H](OCc2ccccc2)[C@@H]1O)/C(OB(F)F)=C1/C(=O)[C@H](C)N(C)C1=O. The zero-order valence-electron chi connectivity index (χ0n) is 38.8. The van der Waals surface area contributed by atoms with Gasteiger partial charge in [0.15, 0.2) is 12.1 Å². The van der Waals surface area contributed by atoms with Crippen LogP contribution in [-0.4, -0.2) is 86.2 Å². The number of hydrogen-bond donors (Lipinski definition) is 1. The molecule has 2 aliphatic rings. The van der Waals surface area contributed by atoms with Gasteiger partial charge in [0, 0.05) is 19.6 Å². The van der Waals surface area contributed by atoms with Crippen LogP contribution in [0.25, 0.3) is 0 Å². The van der Waals surface area contributed by atoms with Crippen LogP contribution in [0.2, 0.25) is 0 Å². The molecule has 0 aliphatic carbocycles. The van der Waals surface area contributed by atoms with E-state index in [1.54, 1.807) is 13.8 Å². The third-order valence-electron chi connectivity index (χ3n) is 12.5. The molecule has 356 valence electrons. The molecule has 3 aromatic rings. The van der Waals surface area contributed by atoms with Gasteiger partial charge in [0.2, 0.25) is 0 Å². The first kappa shape index (κ1) is 52.0. The first-order valence-corrected chi connectivity index (χ1v) is 24.0. The van der Waals surface area contributed by atoms with Crippen LogP contribution >= 0.6 is 0 Å². The van der Waals surface area contributed by atoms with Gasteiger partial charge in [-0.1, -0.05) is 181 Å². The second-order valence-corrected chi connectivity index (χ2v) is 17.6. The summed E-state index contributed by atoms with van der Waals surface area (Å²) < 4.78 is 63.0. The van der Waals surface area contributed by atoms with Gasteiger partial charge in [-0.15, -0.1) is 0 Å². The van der Waals surface area contributed by atoms with Crippen LogP contribution < -0.4 is 0 Å². The number of halogens is 2. The number of carbonyl (C=O) groups excluding carboxylic acids is 2. The molecule has 2 heterocycles. The Morgan fingerprint density at radius 2 is 1.14 bits per heavy atom. The Kier molecular flexibility index (Phi) is 23.1. The maximum Gasteiger partial charge on any atom is 0.796 e. The summed E-state index contributed by atoms with van der Waals surface area (Å²) in [5.74, 6) is -1.60. The average molecular weight is 904 g/mol. The molecule has 5 rings (SSSR count). The molecule has 0 radical (unpaired) electrons. The lowest BCUT2D eigenvalue weighted by molar-refractivity contribution is -0.319. The van der Waals surface area contributed by atoms with E-state index in [2.05, 4.69) is 0 Å². The van der Waals surface area contributed by atoms with Gasteiger partial charge in [0.05, 0.1) is 38.2 Å². The van der Waals surface area contributed by atoms with Crippen molar-refractivity contribution in [1.29, 1.82) is 0 Å². The third-order valence-corrected chi connectivity index (χ3v) is 12.5. The number of carbonyl (C=O) groups is 2. The largest absolute Gasteiger partial charge is 0.796 e. The second kappa shape index (κ2) is 28.9. The topological polar surface area (TPSA) is 113 Å². The molecular formula is C52H72BF2NO9. The van der Waals surface area contributed by atoms with Crippen molar-refractivity contribution in [2.45, 2.75) is 167 Å². The highest BCUT2D eigenvalue weighted by molar-refractivity contribution is 6.35. The van der Waals surface area contributed by atoms with Crippen LogP contribution in [0.15, 0.2) is 102 Å². The maximum atomic E-state index is 13.2. The molecule has 65 heavy (non-hydrogen) atoms. The van der Waals surface area contributed by atoms with Gasteiger partial charge in [-0.25, -0.2) is 8.63 Å². The highest BCUT2D eigenvalue weighted by atomic mass is 19.2. The summed E-state index contributed by atoms with van der Waals surface area (Å²) in [4.78, 5) is 26.5. The van der Waals surface area contributed by atoms with Crippen molar-refractivity contribution >= 4 is 19.2 Å². The fraction of sp³-hybridized carbons (Fsp3) is 0.577. The molecule has 0 spiro atoms. The molecule has 2 saturated heterocycles. The summed E-state index contributed by atoms with van der Waals surface area (Å²) in [6.45, 7) is 5.11. The highest BCUT2D eigenvalue weighted by Gasteiger charge is 2.48. The predicted octanol–water partition coefficient (Wildman–Crippen LogP) is 10.6. The number of likely N-dealkylation sites (N-methyl/N-ethyl adjacent to an activating group) is 1. The number of ether oxygens (including phenoxy) is 5. The Bertz CT molecular complexity index is 1800. The summed E-state index contributed by atoms with van der Waals surface area (Å²) in [5, 5.41) is 11.7. The number of nitrogens with zero attached hydrogens (tertiary/aromatic N) is 1. The van der Waals surface area contributed by atoms with Crippen LogP contribution in [0.1, 0.15) is 127 Å². The quantitative estimate of drug-likeness (QED) is 0.0222. The number of Topliss-reactive ketones (excluding diaryl/α,β-unsaturated/α-hetero) is 1. The van der Waals surface area contributed by atoms with Crippen LogP contribution in [0.5, 0.6) is 0 Å². The van der Waals surface area contributed by atoms with E-state index < -0.39 is 61.8 Å². The number of amides is 1. The molecule has 2 aliphatic heterocycles. The zero-order chi connectivity index (χ0) is 46.2. The minimum atomic E-state index is -3.08. The first-order valence-electron chi connectivity index (χ1n) is 24.0. The van der Waals surface area contributed by atoms with Crippen molar-refractivity contribution in [3.63, 3.8) is 0 Å². The molecule has 1 amide bonds. The van der Waals surface area contributed by atoms with Crippen LogP contribution in [0.3, 0.4) is 0 Å². The Balaban J connectivity index is 0.957. The summed E-state index contributed by atoms with van der Waals surface area (Å²) in [6.07, 6.45) is 12.2. The second-order valence-electron chi connectivity index (χ2n) is 17.6. The number of aliphatic hydroxyl groups excluding tert-OH is 1. The number of likely N-dealkylation sites (tertiary alicyclic amines) is 1. The summed E-state index contributed by atoms with van der Waals surface area (Å²) in [7, 11) is -1.58. The van der Waals surface area contributed by atoms with E-state index in [0.29, 0.717) is 32.8 Å². The van der Waals surface area contributed by atoms with Crippen LogP contribution in [0, 0.1) is 5.92 Å². The normalized spacial score (nSPS) is 22.3. The van der Waals surface area contributed by atoms with Crippen LogP contribution in [-0.2, 0) is 57.7 Å². The minimum Gasteiger partial charge on any atom is -0.508 e. The maximum absolute atomic E-state index is 13.2. The smallest absolute Gasteiger partial charge is 0.508 e. The van der Waals surface area contributed by atoms with Crippen molar-refractivity contribution in [3.8, 4) is 0 Å². The van der Waals surface area contributed by atoms with E-state index in [0.717, 1.165) is 61.6 Å². The van der Waals surface area contributed by atoms with Crippen molar-refractivity contribution in [2.24, 2.45) is 5.92 Å². The van der Waals surface area contributed by atoms with Crippen molar-refractivity contribution in [1.82, 2.24) is 4.90 Å². The molecule has 0 aromatic heterocycles. The molecule has 13 heteroatoms. The molecule has 3 aromatic carbocycles. The number of unbranched alkanes of at least 4 members (excludes halogenated alkanes) is 13. The molecule has 2 fully saturated rings. The Morgan fingerprint density at radius 1 is 0.677 bits per heavy atom. The number of rotatable bonds is 31. The Labute approximate surface area is 386 Å². The van der Waals surface area contributed by atoms with Gasteiger partial charge in [-0.2, -0.15) is 0 Å². The van der Waals surface area contributed by atoms with Gasteiger partial charge in [0.1, 0.15) is 30.0 Å². The van der Waals surface area contributed by atoms with Crippen molar-refractivity contribution in [2.75, 3.05) is 20.3 Å². The lowest BCUT2D eigenvalue weighted by atomic mass is 9.95. The minimum absolute atomic E-state index is 0.166. The standard InChI is InChI=1S/C52H72BF2NO9/c1-39(48(65-53(54)55)45-46(57)40(2)56(3)51(45)59)27-19-14-12-10-8-6-4-5-7-9-11-13-15-26-34-61-52-47(58)50(63-37-43-32-24-18-25-33-43)49(62-36-42-30-22-17-23-31-42)44(64-52)38-60-35-41-28-20-16-21-29-41/h16-18,20-25,28-33,39-40,44,47,49-50,52,58H,4-15,19,26-27,34-38H2,1-3H3/b48-45+/t39-,40-,44+,47-,49+,50+,52+/m0/s1. The number of benzene rings is 3. The van der Waals surface area contributed by atoms with E-state index in [1.165, 1.54) is 56.9 Å². The third kappa shape index (κ3) is 17.3. The number of aliphatic hydroxyl groups is 1. The molecule has 0 bridgehead atoms. The highest BCUT2D eigenvalue weighted by Crippen LogP contribution is 2.32. The molecule has 10 nitrogen and oxygen atoms in total. The molecule has 0 unspecified atom stereocenters. The van der Waals surface area contributed by atoms with Crippen molar-refractivity contribution in [3.05, 3.63) is 119 Å². The van der Waals surface area contributed by atoms with E-state index in [1.807, 2.05) is 91.0 Å². The van der Waals surface area contributed by atoms with Gasteiger partial charge >= 0.3 is 7.47 Å². The fourth-order valence-electron chi connectivity index (χ4n) is 8.55. The predicted molar refractivity (Wildman–Crippen MR) is 248 cm³/mol. The summed E-state index contributed by atoms with van der Waals surface area (Å²) >= 11 is 0. The number of ketones is 1. The monoisotopic (exact) mass is 904 g/mol. The molecule has 0 saturated carbocycles. The number of allylic oxidation sites excluding steroid dienone is 1. The van der Waals surface area contributed by atoms with E-state index >= 15 is 0 Å². The van der Waals surface area contributed by atoms with E-state index in [4.69, 9.17) is 28.3 Å². The van der Waals surface area contributed by atoms with Gasteiger partial charge in [0.25, 0.3) is 5.91 Å².